The Labute approximate surface area is 136 Å². The maximum absolute atomic E-state index is 12.9. The average Bonchev–Trinajstić information content (AvgIpc) is 2.60. The number of ether oxygens (including phenoxy) is 2. The molecule has 3 aliphatic rings. The number of benzene rings is 1. The molecular weight excluding hydrogens is 292 g/mol. The first-order valence-corrected chi connectivity index (χ1v) is 8.25. The minimum atomic E-state index is 0.107. The van der Waals surface area contributed by atoms with Gasteiger partial charge in [-0.15, -0.1) is 0 Å². The van der Waals surface area contributed by atoms with Crippen molar-refractivity contribution in [3.8, 4) is 11.5 Å². The first-order chi connectivity index (χ1) is 11.2. The summed E-state index contributed by atoms with van der Waals surface area (Å²) < 4.78 is 11.0. The van der Waals surface area contributed by atoms with E-state index in [1.165, 1.54) is 11.1 Å². The van der Waals surface area contributed by atoms with E-state index < -0.39 is 0 Å². The molecule has 1 aromatic rings. The Morgan fingerprint density at radius 2 is 2.09 bits per heavy atom. The van der Waals surface area contributed by atoms with Crippen molar-refractivity contribution >= 4 is 5.91 Å². The summed E-state index contributed by atoms with van der Waals surface area (Å²) in [6, 6.07) is 4.15. The highest BCUT2D eigenvalue weighted by atomic mass is 16.5. The monoisotopic (exact) mass is 314 g/mol. The number of methoxy groups -OCH3 is 2. The molecule has 0 radical (unpaired) electrons. The molecular formula is C18H22N2O3. The molecule has 0 spiro atoms. The van der Waals surface area contributed by atoms with Crippen LogP contribution in [-0.4, -0.2) is 38.1 Å². The van der Waals surface area contributed by atoms with Crippen LogP contribution in [0.2, 0.25) is 0 Å². The lowest BCUT2D eigenvalue weighted by molar-refractivity contribution is -0.131. The van der Waals surface area contributed by atoms with Gasteiger partial charge in [0, 0.05) is 36.3 Å². The van der Waals surface area contributed by atoms with Gasteiger partial charge in [0.15, 0.2) is 11.5 Å². The second-order valence-electron chi connectivity index (χ2n) is 6.32. The first-order valence-electron chi connectivity index (χ1n) is 8.25. The fraction of sp³-hybridized carbons (Fsp3) is 0.500. The molecule has 0 saturated heterocycles. The molecule has 5 nitrogen and oxygen atoms in total. The topological polar surface area (TPSA) is 50.8 Å². The quantitative estimate of drug-likeness (QED) is 0.909. The second kappa shape index (κ2) is 5.48. The largest absolute Gasteiger partial charge is 0.493 e. The highest BCUT2D eigenvalue weighted by Gasteiger charge is 2.39. The molecule has 0 aliphatic carbocycles. The number of amides is 1. The van der Waals surface area contributed by atoms with Crippen LogP contribution in [0.15, 0.2) is 23.4 Å². The standard InChI is InChI=1S/C18H22N2O3/c1-22-16-6-5-11-12(17(16)23-2)7-9-20-15(11)10-14-13(18(20)21)4-3-8-19-14/h5-6,15,19H,3-4,7-10H2,1-2H3. The predicted molar refractivity (Wildman–Crippen MR) is 86.6 cm³/mol. The summed E-state index contributed by atoms with van der Waals surface area (Å²) in [6.07, 6.45) is 3.64. The molecule has 23 heavy (non-hydrogen) atoms. The normalized spacial score (nSPS) is 22.8. The number of hydrogen-bond acceptors (Lipinski definition) is 4. The molecule has 1 amide bonds. The van der Waals surface area contributed by atoms with E-state index in [1.54, 1.807) is 14.2 Å². The van der Waals surface area contributed by atoms with E-state index >= 15 is 0 Å². The van der Waals surface area contributed by atoms with Crippen LogP contribution >= 0.6 is 0 Å². The second-order valence-corrected chi connectivity index (χ2v) is 6.32. The van der Waals surface area contributed by atoms with E-state index in [0.29, 0.717) is 0 Å². The zero-order valence-electron chi connectivity index (χ0n) is 13.6. The molecule has 1 atom stereocenters. The number of rotatable bonds is 2. The van der Waals surface area contributed by atoms with Gasteiger partial charge in [-0.2, -0.15) is 0 Å². The third-order valence-corrected chi connectivity index (χ3v) is 5.25. The van der Waals surface area contributed by atoms with Crippen molar-refractivity contribution in [3.05, 3.63) is 34.5 Å². The Morgan fingerprint density at radius 1 is 1.22 bits per heavy atom. The van der Waals surface area contributed by atoms with Gasteiger partial charge in [0.1, 0.15) is 0 Å². The van der Waals surface area contributed by atoms with Crippen LogP contribution in [0.5, 0.6) is 11.5 Å². The summed E-state index contributed by atoms with van der Waals surface area (Å²) in [5.41, 5.74) is 4.52. The number of nitrogens with zero attached hydrogens (tertiary/aromatic N) is 1. The van der Waals surface area contributed by atoms with E-state index in [4.69, 9.17) is 9.47 Å². The molecule has 0 aromatic heterocycles. The van der Waals surface area contributed by atoms with Crippen molar-refractivity contribution in [1.82, 2.24) is 10.2 Å². The van der Waals surface area contributed by atoms with Gasteiger partial charge in [-0.25, -0.2) is 0 Å². The molecule has 0 saturated carbocycles. The Bertz CT molecular complexity index is 696. The maximum Gasteiger partial charge on any atom is 0.252 e. The summed E-state index contributed by atoms with van der Waals surface area (Å²) in [5, 5.41) is 3.44. The number of carbonyl (C=O) groups is 1. The van der Waals surface area contributed by atoms with Crippen molar-refractivity contribution in [1.29, 1.82) is 0 Å². The van der Waals surface area contributed by atoms with Crippen molar-refractivity contribution in [2.75, 3.05) is 27.3 Å². The van der Waals surface area contributed by atoms with Crippen LogP contribution < -0.4 is 14.8 Å². The van der Waals surface area contributed by atoms with Gasteiger partial charge in [-0.3, -0.25) is 4.79 Å². The summed E-state index contributed by atoms with van der Waals surface area (Å²) in [4.78, 5) is 14.9. The van der Waals surface area contributed by atoms with Crippen LogP contribution in [0.3, 0.4) is 0 Å². The van der Waals surface area contributed by atoms with E-state index in [9.17, 15) is 4.79 Å². The summed E-state index contributed by atoms with van der Waals surface area (Å²) in [6.45, 7) is 1.72. The lowest BCUT2D eigenvalue weighted by Gasteiger charge is -2.43. The fourth-order valence-electron chi connectivity index (χ4n) is 4.16. The first kappa shape index (κ1) is 14.4. The minimum Gasteiger partial charge on any atom is -0.493 e. The van der Waals surface area contributed by atoms with Crippen LogP contribution in [0, 0.1) is 0 Å². The van der Waals surface area contributed by atoms with Crippen molar-refractivity contribution < 1.29 is 14.3 Å². The highest BCUT2D eigenvalue weighted by molar-refractivity contribution is 5.96. The van der Waals surface area contributed by atoms with Gasteiger partial charge < -0.3 is 19.7 Å². The Morgan fingerprint density at radius 3 is 2.87 bits per heavy atom. The molecule has 122 valence electrons. The lowest BCUT2D eigenvalue weighted by atomic mass is 9.83. The van der Waals surface area contributed by atoms with Gasteiger partial charge >= 0.3 is 0 Å². The number of carbonyl (C=O) groups excluding carboxylic acids is 1. The van der Waals surface area contributed by atoms with E-state index in [1.807, 2.05) is 11.0 Å². The van der Waals surface area contributed by atoms with Gasteiger partial charge in [0.25, 0.3) is 5.91 Å². The molecule has 0 fully saturated rings. The maximum atomic E-state index is 12.9. The molecule has 3 aliphatic heterocycles. The SMILES string of the molecule is COc1ccc2c(c1OC)CCN1C(=O)C3=C(CC21)NCCC3. The van der Waals surface area contributed by atoms with Crippen LogP contribution in [-0.2, 0) is 11.2 Å². The van der Waals surface area contributed by atoms with E-state index in [2.05, 4.69) is 11.4 Å². The highest BCUT2D eigenvalue weighted by Crippen LogP contribution is 2.45. The molecule has 1 aromatic carbocycles. The minimum absolute atomic E-state index is 0.107. The Balaban J connectivity index is 1.79. The van der Waals surface area contributed by atoms with Crippen LogP contribution in [0.25, 0.3) is 0 Å². The van der Waals surface area contributed by atoms with Crippen molar-refractivity contribution in [2.45, 2.75) is 31.7 Å². The fourth-order valence-corrected chi connectivity index (χ4v) is 4.16. The molecule has 0 bridgehead atoms. The number of hydrogen-bond donors (Lipinski definition) is 1. The third kappa shape index (κ3) is 2.10. The molecule has 1 unspecified atom stereocenters. The molecule has 1 N–H and O–H groups in total. The Hall–Kier alpha value is -2.17. The molecule has 3 heterocycles. The van der Waals surface area contributed by atoms with E-state index in [0.717, 1.165) is 61.5 Å². The van der Waals surface area contributed by atoms with Crippen molar-refractivity contribution in [3.63, 3.8) is 0 Å². The van der Waals surface area contributed by atoms with Crippen LogP contribution in [0.1, 0.15) is 36.4 Å². The van der Waals surface area contributed by atoms with Crippen molar-refractivity contribution in [2.24, 2.45) is 0 Å². The van der Waals surface area contributed by atoms with Gasteiger partial charge in [0.2, 0.25) is 0 Å². The smallest absolute Gasteiger partial charge is 0.252 e. The zero-order valence-corrected chi connectivity index (χ0v) is 13.6. The van der Waals surface area contributed by atoms with E-state index in [-0.39, 0.29) is 11.9 Å². The zero-order chi connectivity index (χ0) is 16.0. The summed E-state index contributed by atoms with van der Waals surface area (Å²) in [5.74, 6) is 1.79. The summed E-state index contributed by atoms with van der Waals surface area (Å²) in [7, 11) is 3.34. The average molecular weight is 314 g/mol. The number of fused-ring (bicyclic) bond motifs is 3. The third-order valence-electron chi connectivity index (χ3n) is 5.25. The number of nitrogens with one attached hydrogen (secondary N) is 1. The van der Waals surface area contributed by atoms with Gasteiger partial charge in [-0.05, 0) is 30.9 Å². The molecule has 5 heteroatoms. The van der Waals surface area contributed by atoms with Gasteiger partial charge in [-0.1, -0.05) is 6.07 Å². The molecule has 4 rings (SSSR count). The lowest BCUT2D eigenvalue weighted by Crippen LogP contribution is -2.46. The van der Waals surface area contributed by atoms with Crippen LogP contribution in [0.4, 0.5) is 0 Å². The Kier molecular flexibility index (Phi) is 3.43. The van der Waals surface area contributed by atoms with Gasteiger partial charge in [0.05, 0.1) is 20.3 Å². The summed E-state index contributed by atoms with van der Waals surface area (Å²) >= 11 is 0. The predicted octanol–water partition coefficient (Wildman–Crippen LogP) is 2.17.